The molecule has 1 aliphatic heterocycles. The normalized spacial score (nSPS) is 36.5. The van der Waals surface area contributed by atoms with E-state index in [9.17, 15) is 0 Å². The minimum atomic E-state index is 0.391. The number of nitrogens with one attached hydrogen (secondary N) is 1. The van der Waals surface area contributed by atoms with Gasteiger partial charge in [-0.25, -0.2) is 0 Å². The van der Waals surface area contributed by atoms with Gasteiger partial charge in [0.15, 0.2) is 0 Å². The molecule has 2 rings (SSSR count). The van der Waals surface area contributed by atoms with Crippen LogP contribution in [-0.2, 0) is 4.74 Å². The molecule has 2 aliphatic rings. The van der Waals surface area contributed by atoms with E-state index in [-0.39, 0.29) is 0 Å². The van der Waals surface area contributed by atoms with Gasteiger partial charge in [-0.1, -0.05) is 26.7 Å². The van der Waals surface area contributed by atoms with Crippen LogP contribution in [0.15, 0.2) is 0 Å². The number of likely N-dealkylation sites (N-methyl/N-ethyl adjacent to an activating group) is 2. The molecule has 2 unspecified atom stereocenters. The lowest BCUT2D eigenvalue weighted by atomic mass is 9.77. The molecular weight excluding hydrogens is 224 g/mol. The van der Waals surface area contributed by atoms with E-state index in [1.165, 1.54) is 25.7 Å². The van der Waals surface area contributed by atoms with Crippen molar-refractivity contribution < 1.29 is 4.74 Å². The summed E-state index contributed by atoms with van der Waals surface area (Å²) in [6.45, 7) is 8.90. The van der Waals surface area contributed by atoms with Crippen LogP contribution < -0.4 is 5.32 Å². The Hall–Kier alpha value is -0.120. The standard InChI is InChI=1S/C15H30N2O/c1-4-17-9-10-18-14(11-17)15(16-3)13-7-5-12(2)6-8-13/h12-16H,4-11H2,1-3H3. The van der Waals surface area contributed by atoms with Gasteiger partial charge in [-0.05, 0) is 38.3 Å². The SMILES string of the molecule is CCN1CCOC(C(NC)C2CCC(C)CC2)C1. The Morgan fingerprint density at radius 1 is 1.28 bits per heavy atom. The Labute approximate surface area is 112 Å². The molecule has 106 valence electrons. The Morgan fingerprint density at radius 3 is 2.61 bits per heavy atom. The summed E-state index contributed by atoms with van der Waals surface area (Å²) in [5, 5.41) is 3.55. The molecule has 1 saturated heterocycles. The highest BCUT2D eigenvalue weighted by molar-refractivity contribution is 4.89. The third-order valence-electron chi connectivity index (χ3n) is 4.93. The number of hydrogen-bond donors (Lipinski definition) is 1. The molecule has 18 heavy (non-hydrogen) atoms. The molecule has 0 aromatic carbocycles. The monoisotopic (exact) mass is 254 g/mol. The predicted octanol–water partition coefficient (Wildman–Crippen LogP) is 2.12. The summed E-state index contributed by atoms with van der Waals surface area (Å²) >= 11 is 0. The van der Waals surface area contributed by atoms with Crippen molar-refractivity contribution in [2.24, 2.45) is 11.8 Å². The molecule has 0 radical (unpaired) electrons. The van der Waals surface area contributed by atoms with Crippen molar-refractivity contribution in [2.75, 3.05) is 33.3 Å². The molecule has 1 heterocycles. The average Bonchev–Trinajstić information content (AvgIpc) is 2.42. The molecule has 1 N–H and O–H groups in total. The maximum Gasteiger partial charge on any atom is 0.0857 e. The first-order chi connectivity index (χ1) is 8.74. The Kier molecular flexibility index (Phi) is 5.46. The van der Waals surface area contributed by atoms with Gasteiger partial charge in [-0.2, -0.15) is 0 Å². The van der Waals surface area contributed by atoms with Crippen LogP contribution in [0.4, 0.5) is 0 Å². The molecule has 3 heteroatoms. The molecule has 1 aliphatic carbocycles. The molecular formula is C15H30N2O. The number of hydrogen-bond acceptors (Lipinski definition) is 3. The first kappa shape index (κ1) is 14.3. The van der Waals surface area contributed by atoms with Crippen molar-refractivity contribution in [1.82, 2.24) is 10.2 Å². The summed E-state index contributed by atoms with van der Waals surface area (Å²) in [7, 11) is 2.11. The molecule has 2 atom stereocenters. The van der Waals surface area contributed by atoms with Gasteiger partial charge in [-0.15, -0.1) is 0 Å². The molecule has 0 spiro atoms. The largest absolute Gasteiger partial charge is 0.374 e. The number of ether oxygens (including phenoxy) is 1. The van der Waals surface area contributed by atoms with Crippen LogP contribution in [0.1, 0.15) is 39.5 Å². The predicted molar refractivity (Wildman–Crippen MR) is 75.8 cm³/mol. The van der Waals surface area contributed by atoms with Gasteiger partial charge in [0.05, 0.1) is 12.7 Å². The smallest absolute Gasteiger partial charge is 0.0857 e. The van der Waals surface area contributed by atoms with E-state index in [0.717, 1.165) is 38.1 Å². The first-order valence-corrected chi connectivity index (χ1v) is 7.75. The van der Waals surface area contributed by atoms with Crippen molar-refractivity contribution in [1.29, 1.82) is 0 Å². The summed E-state index contributed by atoms with van der Waals surface area (Å²) in [4.78, 5) is 2.52. The van der Waals surface area contributed by atoms with Crippen LogP contribution in [-0.4, -0.2) is 50.3 Å². The topological polar surface area (TPSA) is 24.5 Å². The quantitative estimate of drug-likeness (QED) is 0.832. The van der Waals surface area contributed by atoms with E-state index in [0.29, 0.717) is 12.1 Å². The average molecular weight is 254 g/mol. The zero-order valence-electron chi connectivity index (χ0n) is 12.3. The van der Waals surface area contributed by atoms with Crippen molar-refractivity contribution in [2.45, 2.75) is 51.7 Å². The molecule has 0 aromatic rings. The Morgan fingerprint density at radius 2 is 2.00 bits per heavy atom. The molecule has 0 amide bonds. The molecule has 0 aromatic heterocycles. The van der Waals surface area contributed by atoms with Crippen molar-refractivity contribution in [3.8, 4) is 0 Å². The molecule has 3 nitrogen and oxygen atoms in total. The second-order valence-electron chi connectivity index (χ2n) is 6.14. The fraction of sp³-hybridized carbons (Fsp3) is 1.00. The second kappa shape index (κ2) is 6.88. The summed E-state index contributed by atoms with van der Waals surface area (Å²) in [6.07, 6.45) is 5.93. The molecule has 0 bridgehead atoms. The van der Waals surface area contributed by atoms with Gasteiger partial charge >= 0.3 is 0 Å². The van der Waals surface area contributed by atoms with E-state index >= 15 is 0 Å². The number of nitrogens with zero attached hydrogens (tertiary/aromatic N) is 1. The van der Waals surface area contributed by atoms with Crippen molar-refractivity contribution >= 4 is 0 Å². The van der Waals surface area contributed by atoms with E-state index in [2.05, 4.69) is 31.1 Å². The zero-order chi connectivity index (χ0) is 13.0. The number of morpholine rings is 1. The van der Waals surface area contributed by atoms with Crippen LogP contribution in [0, 0.1) is 11.8 Å². The van der Waals surface area contributed by atoms with Crippen LogP contribution >= 0.6 is 0 Å². The Bertz CT molecular complexity index is 239. The fourth-order valence-corrected chi connectivity index (χ4v) is 3.61. The van der Waals surface area contributed by atoms with Crippen LogP contribution in [0.2, 0.25) is 0 Å². The van der Waals surface area contributed by atoms with Crippen LogP contribution in [0.5, 0.6) is 0 Å². The number of rotatable bonds is 4. The van der Waals surface area contributed by atoms with Gasteiger partial charge in [0, 0.05) is 19.1 Å². The first-order valence-electron chi connectivity index (χ1n) is 7.75. The van der Waals surface area contributed by atoms with Gasteiger partial charge < -0.3 is 10.1 Å². The van der Waals surface area contributed by atoms with E-state index in [1.54, 1.807) is 0 Å². The van der Waals surface area contributed by atoms with Gasteiger partial charge in [0.2, 0.25) is 0 Å². The van der Waals surface area contributed by atoms with Gasteiger partial charge in [-0.3, -0.25) is 4.90 Å². The summed E-state index contributed by atoms with van der Waals surface area (Å²) in [5.74, 6) is 1.74. The summed E-state index contributed by atoms with van der Waals surface area (Å²) < 4.78 is 6.04. The summed E-state index contributed by atoms with van der Waals surface area (Å²) in [5.41, 5.74) is 0. The fourth-order valence-electron chi connectivity index (χ4n) is 3.61. The van der Waals surface area contributed by atoms with Crippen molar-refractivity contribution in [3.05, 3.63) is 0 Å². The van der Waals surface area contributed by atoms with E-state index in [4.69, 9.17) is 4.74 Å². The van der Waals surface area contributed by atoms with Crippen molar-refractivity contribution in [3.63, 3.8) is 0 Å². The zero-order valence-corrected chi connectivity index (χ0v) is 12.3. The van der Waals surface area contributed by atoms with E-state index in [1.807, 2.05) is 0 Å². The van der Waals surface area contributed by atoms with Crippen LogP contribution in [0.25, 0.3) is 0 Å². The third-order valence-corrected chi connectivity index (χ3v) is 4.93. The third kappa shape index (κ3) is 3.46. The molecule has 2 fully saturated rings. The second-order valence-corrected chi connectivity index (χ2v) is 6.14. The summed E-state index contributed by atoms with van der Waals surface area (Å²) in [6, 6.07) is 0.548. The van der Waals surface area contributed by atoms with Crippen LogP contribution in [0.3, 0.4) is 0 Å². The highest BCUT2D eigenvalue weighted by Crippen LogP contribution is 2.32. The lowest BCUT2D eigenvalue weighted by molar-refractivity contribution is -0.0575. The minimum absolute atomic E-state index is 0.391. The molecule has 1 saturated carbocycles. The maximum atomic E-state index is 6.04. The maximum absolute atomic E-state index is 6.04. The van der Waals surface area contributed by atoms with Gasteiger partial charge in [0.25, 0.3) is 0 Å². The lowest BCUT2D eigenvalue weighted by Gasteiger charge is -2.41. The lowest BCUT2D eigenvalue weighted by Crippen LogP contribution is -2.54. The van der Waals surface area contributed by atoms with E-state index < -0.39 is 0 Å². The Balaban J connectivity index is 1.91. The highest BCUT2D eigenvalue weighted by Gasteiger charge is 2.33. The minimum Gasteiger partial charge on any atom is -0.374 e. The van der Waals surface area contributed by atoms with Gasteiger partial charge in [0.1, 0.15) is 0 Å². The highest BCUT2D eigenvalue weighted by atomic mass is 16.5.